The van der Waals surface area contributed by atoms with Crippen LogP contribution in [0.5, 0.6) is 0 Å². The van der Waals surface area contributed by atoms with Crippen LogP contribution in [0.1, 0.15) is 34.5 Å². The summed E-state index contributed by atoms with van der Waals surface area (Å²) in [6.07, 6.45) is -4.26. The zero-order chi connectivity index (χ0) is 25.7. The Hall–Kier alpha value is -3.30. The summed E-state index contributed by atoms with van der Waals surface area (Å²) >= 11 is 0.919. The molecule has 4 aromatic rings. The van der Waals surface area contributed by atoms with E-state index < -0.39 is 31.1 Å². The molecule has 0 aliphatic carbocycles. The predicted octanol–water partition coefficient (Wildman–Crippen LogP) is 6.13. The molecule has 0 bridgehead atoms. The number of hydrogen-bond acceptors (Lipinski definition) is 6. The van der Waals surface area contributed by atoms with Gasteiger partial charge in [-0.1, -0.05) is 6.07 Å². The van der Waals surface area contributed by atoms with Crippen molar-refractivity contribution in [2.45, 2.75) is 51.0 Å². The second kappa shape index (κ2) is 8.97. The number of alkyl halides is 5. The number of anilines is 1. The number of aryl methyl sites for hydroxylation is 1. The number of nitrogens with one attached hydrogen (secondary N) is 2. The molecule has 1 atom stereocenters. The van der Waals surface area contributed by atoms with Gasteiger partial charge in [0.05, 0.1) is 11.8 Å². The number of H-pyrrole nitrogens is 1. The average molecular weight is 521 g/mol. The number of hydrogen-bond donors (Lipinski definition) is 2. The van der Waals surface area contributed by atoms with Gasteiger partial charge in [-0.05, 0) is 42.7 Å². The Labute approximate surface area is 206 Å². The van der Waals surface area contributed by atoms with Crippen molar-refractivity contribution in [3.8, 4) is 6.07 Å². The van der Waals surface area contributed by atoms with Gasteiger partial charge < -0.3 is 10.3 Å². The van der Waals surface area contributed by atoms with E-state index in [1.807, 2.05) is 6.92 Å². The van der Waals surface area contributed by atoms with Gasteiger partial charge in [0.2, 0.25) is 0 Å². The number of aromatic nitrogens is 3. The molecule has 188 valence electrons. The molecule has 1 fully saturated rings. The first-order valence-electron chi connectivity index (χ1n) is 11.2. The number of piperidine rings is 1. The van der Waals surface area contributed by atoms with E-state index in [4.69, 9.17) is 5.26 Å². The summed E-state index contributed by atoms with van der Waals surface area (Å²) in [6, 6.07) is 5.03. The average Bonchev–Trinajstić information content (AvgIpc) is 3.40. The molecule has 1 unspecified atom stereocenters. The molecule has 6 nitrogen and oxygen atoms in total. The van der Waals surface area contributed by atoms with Gasteiger partial charge in [-0.3, -0.25) is 0 Å². The van der Waals surface area contributed by atoms with Crippen molar-refractivity contribution < 1.29 is 22.0 Å². The van der Waals surface area contributed by atoms with Crippen molar-refractivity contribution in [3.63, 3.8) is 0 Å². The number of likely N-dealkylation sites (tertiary alicyclic amines) is 1. The molecule has 0 saturated carbocycles. The summed E-state index contributed by atoms with van der Waals surface area (Å²) in [5.41, 5.74) is 2.80. The van der Waals surface area contributed by atoms with Crippen LogP contribution in [-0.4, -0.2) is 44.7 Å². The zero-order valence-corrected chi connectivity index (χ0v) is 19.9. The fourth-order valence-corrected chi connectivity index (χ4v) is 5.68. The number of nitriles is 1. The molecule has 1 aromatic carbocycles. The van der Waals surface area contributed by atoms with Gasteiger partial charge in [0.1, 0.15) is 28.7 Å². The van der Waals surface area contributed by atoms with E-state index in [1.54, 1.807) is 18.2 Å². The second-order valence-electron chi connectivity index (χ2n) is 8.97. The summed E-state index contributed by atoms with van der Waals surface area (Å²) in [5, 5.41) is 13.4. The SMILES string of the molecule is Cc1c(CN2CCC(Nc3ncnc4sc(CC(F)(F)F)cc34)CC2(F)F)ccc2[nH]c(C#N)cc12. The van der Waals surface area contributed by atoms with Crippen LogP contribution in [0.4, 0.5) is 27.8 Å². The monoisotopic (exact) mass is 520 g/mol. The highest BCUT2D eigenvalue weighted by Gasteiger charge is 2.43. The Balaban J connectivity index is 1.31. The molecule has 2 N–H and O–H groups in total. The fraction of sp³-hybridized carbons (Fsp3) is 0.375. The highest BCUT2D eigenvalue weighted by molar-refractivity contribution is 7.18. The highest BCUT2D eigenvalue weighted by Crippen LogP contribution is 2.37. The van der Waals surface area contributed by atoms with Gasteiger partial charge in [-0.15, -0.1) is 11.3 Å². The van der Waals surface area contributed by atoms with Crippen molar-refractivity contribution in [2.75, 3.05) is 11.9 Å². The minimum Gasteiger partial charge on any atom is -0.366 e. The van der Waals surface area contributed by atoms with E-state index in [2.05, 4.69) is 26.3 Å². The summed E-state index contributed by atoms with van der Waals surface area (Å²) in [6.45, 7) is 2.03. The van der Waals surface area contributed by atoms with Crippen molar-refractivity contribution >= 4 is 38.3 Å². The van der Waals surface area contributed by atoms with Crippen LogP contribution in [0.3, 0.4) is 0 Å². The van der Waals surface area contributed by atoms with Crippen LogP contribution in [0.15, 0.2) is 30.6 Å². The molecule has 0 radical (unpaired) electrons. The van der Waals surface area contributed by atoms with Crippen molar-refractivity contribution in [1.82, 2.24) is 19.9 Å². The van der Waals surface area contributed by atoms with Crippen LogP contribution >= 0.6 is 11.3 Å². The molecule has 4 heterocycles. The van der Waals surface area contributed by atoms with Gasteiger partial charge in [0.25, 0.3) is 0 Å². The number of nitrogens with zero attached hydrogens (tertiary/aromatic N) is 4. The van der Waals surface area contributed by atoms with Gasteiger partial charge in [0, 0.05) is 41.3 Å². The molecule has 0 amide bonds. The molecule has 5 rings (SSSR count). The third kappa shape index (κ3) is 4.85. The molecule has 3 aromatic heterocycles. The minimum atomic E-state index is -4.35. The first-order valence-corrected chi connectivity index (χ1v) is 12.0. The Morgan fingerprint density at radius 2 is 2.06 bits per heavy atom. The lowest BCUT2D eigenvalue weighted by molar-refractivity contribution is -0.174. The standard InChI is InChI=1S/C24H21F5N6S/c1-13-14(2-3-20-18(13)6-16(10-30)33-20)11-35-5-4-15(8-24(35,28)29)34-21-19-7-17(9-23(25,26)27)36-22(19)32-12-31-21/h2-3,6-7,12,15,33H,4-5,8-9,11H2,1H3,(H,31,32,34). The summed E-state index contributed by atoms with van der Waals surface area (Å²) in [5.74, 6) is 0.265. The van der Waals surface area contributed by atoms with E-state index in [0.717, 1.165) is 38.3 Å². The molecule has 1 aliphatic rings. The van der Waals surface area contributed by atoms with E-state index >= 15 is 8.78 Å². The van der Waals surface area contributed by atoms with Crippen LogP contribution in [0, 0.1) is 18.3 Å². The Morgan fingerprint density at radius 1 is 1.25 bits per heavy atom. The Kier molecular flexibility index (Phi) is 6.08. The lowest BCUT2D eigenvalue weighted by Crippen LogP contribution is -2.50. The summed E-state index contributed by atoms with van der Waals surface area (Å²) < 4.78 is 68.8. The number of rotatable bonds is 5. The lowest BCUT2D eigenvalue weighted by Gasteiger charge is -2.39. The molecule has 0 spiro atoms. The first kappa shape index (κ1) is 24.4. The van der Waals surface area contributed by atoms with Gasteiger partial charge in [-0.25, -0.2) is 14.9 Å². The maximum absolute atomic E-state index is 15.2. The first-order chi connectivity index (χ1) is 17.0. The smallest absolute Gasteiger partial charge is 0.366 e. The second-order valence-corrected chi connectivity index (χ2v) is 10.1. The number of aromatic amines is 1. The van der Waals surface area contributed by atoms with Crippen molar-refractivity contribution in [1.29, 1.82) is 5.26 Å². The topological polar surface area (TPSA) is 80.6 Å². The molecule has 1 saturated heterocycles. The van der Waals surface area contributed by atoms with Crippen molar-refractivity contribution in [3.05, 3.63) is 52.3 Å². The summed E-state index contributed by atoms with van der Waals surface area (Å²) in [7, 11) is 0. The highest BCUT2D eigenvalue weighted by atomic mass is 32.1. The zero-order valence-electron chi connectivity index (χ0n) is 19.1. The Morgan fingerprint density at radius 3 is 2.78 bits per heavy atom. The van der Waals surface area contributed by atoms with Crippen LogP contribution < -0.4 is 5.32 Å². The third-order valence-corrected chi connectivity index (χ3v) is 7.51. The summed E-state index contributed by atoms with van der Waals surface area (Å²) in [4.78, 5) is 12.8. The minimum absolute atomic E-state index is 0.0532. The van der Waals surface area contributed by atoms with Crippen LogP contribution in [-0.2, 0) is 13.0 Å². The van der Waals surface area contributed by atoms with Crippen LogP contribution in [0.25, 0.3) is 21.1 Å². The maximum atomic E-state index is 15.2. The fourth-order valence-electron chi connectivity index (χ4n) is 4.65. The molecule has 36 heavy (non-hydrogen) atoms. The molecular formula is C24H21F5N6S. The largest absolute Gasteiger partial charge is 0.393 e. The van der Waals surface area contributed by atoms with E-state index in [1.165, 1.54) is 12.4 Å². The number of halogens is 5. The normalized spacial score (nSPS) is 18.5. The maximum Gasteiger partial charge on any atom is 0.393 e. The third-order valence-electron chi connectivity index (χ3n) is 6.46. The van der Waals surface area contributed by atoms with Gasteiger partial charge in [0.15, 0.2) is 0 Å². The quantitative estimate of drug-likeness (QED) is 0.245. The predicted molar refractivity (Wildman–Crippen MR) is 127 cm³/mol. The number of thiophene rings is 1. The van der Waals surface area contributed by atoms with Crippen molar-refractivity contribution in [2.24, 2.45) is 0 Å². The van der Waals surface area contributed by atoms with E-state index in [0.29, 0.717) is 22.3 Å². The lowest BCUT2D eigenvalue weighted by atomic mass is 9.99. The van der Waals surface area contributed by atoms with E-state index in [9.17, 15) is 13.2 Å². The molecule has 12 heteroatoms. The van der Waals surface area contributed by atoms with E-state index in [-0.39, 0.29) is 23.8 Å². The van der Waals surface area contributed by atoms with Gasteiger partial charge in [-0.2, -0.15) is 27.2 Å². The van der Waals surface area contributed by atoms with Gasteiger partial charge >= 0.3 is 12.2 Å². The molecular weight excluding hydrogens is 499 g/mol. The Bertz CT molecular complexity index is 1470. The number of fused-ring (bicyclic) bond motifs is 2. The number of benzene rings is 1. The van der Waals surface area contributed by atoms with Crippen LogP contribution in [0.2, 0.25) is 0 Å². The molecule has 1 aliphatic heterocycles.